The Kier molecular flexibility index (Phi) is 7.82. The summed E-state index contributed by atoms with van der Waals surface area (Å²) in [6.07, 6.45) is 6.43. The Bertz CT molecular complexity index is 847. The molecule has 0 saturated carbocycles. The SMILES string of the molecule is CCCCOc1ccc(C(=O)NCC(=O)N(C)Cc2nnc3n2CCCCC3)cc1. The molecule has 0 bridgehead atoms. The summed E-state index contributed by atoms with van der Waals surface area (Å²) in [5.41, 5.74) is 0.496. The lowest BCUT2D eigenvalue weighted by atomic mass is 10.2. The van der Waals surface area contributed by atoms with Crippen LogP contribution in [0.5, 0.6) is 5.75 Å². The minimum Gasteiger partial charge on any atom is -0.494 e. The molecule has 1 aromatic heterocycles. The molecule has 2 aromatic rings. The highest BCUT2D eigenvalue weighted by Gasteiger charge is 2.18. The van der Waals surface area contributed by atoms with Gasteiger partial charge < -0.3 is 19.5 Å². The van der Waals surface area contributed by atoms with E-state index in [0.717, 1.165) is 56.0 Å². The number of likely N-dealkylation sites (N-methyl/N-ethyl adjacent to an activating group) is 1. The first-order chi connectivity index (χ1) is 14.6. The first-order valence-electron chi connectivity index (χ1n) is 10.7. The zero-order chi connectivity index (χ0) is 21.3. The van der Waals surface area contributed by atoms with Gasteiger partial charge in [0, 0.05) is 25.6 Å². The third kappa shape index (κ3) is 5.81. The van der Waals surface area contributed by atoms with Gasteiger partial charge in [-0.3, -0.25) is 9.59 Å². The van der Waals surface area contributed by atoms with Gasteiger partial charge in [-0.2, -0.15) is 0 Å². The van der Waals surface area contributed by atoms with Crippen molar-refractivity contribution in [3.63, 3.8) is 0 Å². The minimum absolute atomic E-state index is 0.0644. The molecule has 8 nitrogen and oxygen atoms in total. The van der Waals surface area contributed by atoms with Gasteiger partial charge in [0.15, 0.2) is 5.82 Å². The molecule has 0 spiro atoms. The highest BCUT2D eigenvalue weighted by atomic mass is 16.5. The van der Waals surface area contributed by atoms with Crippen LogP contribution >= 0.6 is 0 Å². The van der Waals surface area contributed by atoms with E-state index in [1.54, 1.807) is 36.2 Å². The molecule has 1 aliphatic heterocycles. The van der Waals surface area contributed by atoms with E-state index in [2.05, 4.69) is 27.0 Å². The number of hydrogen-bond donors (Lipinski definition) is 1. The average Bonchev–Trinajstić information content (AvgIpc) is 2.97. The Labute approximate surface area is 177 Å². The predicted molar refractivity (Wildman–Crippen MR) is 113 cm³/mol. The highest BCUT2D eigenvalue weighted by molar-refractivity contribution is 5.96. The van der Waals surface area contributed by atoms with Crippen LogP contribution in [-0.4, -0.2) is 51.7 Å². The molecule has 1 aliphatic rings. The first-order valence-corrected chi connectivity index (χ1v) is 10.7. The second-order valence-corrected chi connectivity index (χ2v) is 7.65. The van der Waals surface area contributed by atoms with Crippen LogP contribution in [0.2, 0.25) is 0 Å². The minimum atomic E-state index is -0.284. The number of carbonyl (C=O) groups is 2. The summed E-state index contributed by atoms with van der Waals surface area (Å²) >= 11 is 0. The zero-order valence-electron chi connectivity index (χ0n) is 17.9. The Morgan fingerprint density at radius 2 is 1.97 bits per heavy atom. The van der Waals surface area contributed by atoms with Gasteiger partial charge in [0.2, 0.25) is 5.91 Å². The molecule has 0 radical (unpaired) electrons. The second kappa shape index (κ2) is 10.8. The van der Waals surface area contributed by atoms with Crippen LogP contribution in [0.25, 0.3) is 0 Å². The van der Waals surface area contributed by atoms with E-state index in [0.29, 0.717) is 18.7 Å². The second-order valence-electron chi connectivity index (χ2n) is 7.65. The number of amides is 2. The van der Waals surface area contributed by atoms with Crippen molar-refractivity contribution in [2.75, 3.05) is 20.2 Å². The maximum Gasteiger partial charge on any atom is 0.251 e. The van der Waals surface area contributed by atoms with Gasteiger partial charge in [-0.25, -0.2) is 0 Å². The number of carbonyl (C=O) groups excluding carboxylic acids is 2. The molecule has 8 heteroatoms. The third-order valence-corrected chi connectivity index (χ3v) is 5.27. The number of rotatable bonds is 9. The average molecular weight is 414 g/mol. The molecule has 30 heavy (non-hydrogen) atoms. The van der Waals surface area contributed by atoms with Gasteiger partial charge in [0.25, 0.3) is 5.91 Å². The molecule has 162 valence electrons. The van der Waals surface area contributed by atoms with E-state index in [1.807, 2.05) is 0 Å². The predicted octanol–water partition coefficient (Wildman–Crippen LogP) is 2.57. The lowest BCUT2D eigenvalue weighted by Crippen LogP contribution is -2.38. The van der Waals surface area contributed by atoms with Crippen molar-refractivity contribution in [1.29, 1.82) is 0 Å². The summed E-state index contributed by atoms with van der Waals surface area (Å²) in [7, 11) is 1.72. The van der Waals surface area contributed by atoms with Gasteiger partial charge in [-0.05, 0) is 43.5 Å². The number of nitrogens with one attached hydrogen (secondary N) is 1. The van der Waals surface area contributed by atoms with Gasteiger partial charge in [-0.15, -0.1) is 10.2 Å². The topological polar surface area (TPSA) is 89.3 Å². The number of nitrogens with zero attached hydrogens (tertiary/aromatic N) is 4. The summed E-state index contributed by atoms with van der Waals surface area (Å²) < 4.78 is 7.73. The van der Waals surface area contributed by atoms with Crippen molar-refractivity contribution in [1.82, 2.24) is 25.0 Å². The van der Waals surface area contributed by atoms with Crippen molar-refractivity contribution in [2.24, 2.45) is 0 Å². The Morgan fingerprint density at radius 1 is 1.17 bits per heavy atom. The smallest absolute Gasteiger partial charge is 0.251 e. The molecular weight excluding hydrogens is 382 g/mol. The van der Waals surface area contributed by atoms with Gasteiger partial charge >= 0.3 is 0 Å². The van der Waals surface area contributed by atoms with Crippen molar-refractivity contribution in [3.05, 3.63) is 41.5 Å². The van der Waals surface area contributed by atoms with Crippen molar-refractivity contribution >= 4 is 11.8 Å². The van der Waals surface area contributed by atoms with E-state index < -0.39 is 0 Å². The summed E-state index contributed by atoms with van der Waals surface area (Å²) in [4.78, 5) is 26.4. The van der Waals surface area contributed by atoms with E-state index in [-0.39, 0.29) is 18.4 Å². The molecule has 0 aliphatic carbocycles. The molecule has 0 atom stereocenters. The summed E-state index contributed by atoms with van der Waals surface area (Å²) in [5, 5.41) is 11.2. The quantitative estimate of drug-likeness (QED) is 0.638. The van der Waals surface area contributed by atoms with Crippen LogP contribution < -0.4 is 10.1 Å². The molecule has 1 N–H and O–H groups in total. The number of unbranched alkanes of at least 4 members (excludes halogenated alkanes) is 1. The summed E-state index contributed by atoms with van der Waals surface area (Å²) in [6, 6.07) is 6.96. The lowest BCUT2D eigenvalue weighted by molar-refractivity contribution is -0.129. The van der Waals surface area contributed by atoms with Crippen molar-refractivity contribution in [3.8, 4) is 5.75 Å². The molecule has 0 fully saturated rings. The first kappa shape index (κ1) is 21.8. The molecular formula is C22H31N5O3. The molecule has 3 rings (SSSR count). The standard InChI is InChI=1S/C22H31N5O3/c1-3-4-14-30-18-11-9-17(10-12-18)22(29)23-15-21(28)26(2)16-20-25-24-19-8-6-5-7-13-27(19)20/h9-12H,3-8,13-16H2,1-2H3,(H,23,29). The van der Waals surface area contributed by atoms with Gasteiger partial charge in [0.1, 0.15) is 11.6 Å². The fourth-order valence-electron chi connectivity index (χ4n) is 3.39. The van der Waals surface area contributed by atoms with Gasteiger partial charge in [0.05, 0.1) is 19.7 Å². The monoisotopic (exact) mass is 413 g/mol. The summed E-state index contributed by atoms with van der Waals surface area (Å²) in [5.74, 6) is 2.08. The van der Waals surface area contributed by atoms with Crippen LogP contribution in [-0.2, 0) is 24.3 Å². The third-order valence-electron chi connectivity index (χ3n) is 5.27. The van der Waals surface area contributed by atoms with Crippen molar-refractivity contribution < 1.29 is 14.3 Å². The van der Waals surface area contributed by atoms with Crippen LogP contribution in [0.3, 0.4) is 0 Å². The number of aromatic nitrogens is 3. The maximum atomic E-state index is 12.5. The number of benzene rings is 1. The Hall–Kier alpha value is -2.90. The van der Waals surface area contributed by atoms with Crippen molar-refractivity contribution in [2.45, 2.75) is 58.5 Å². The Morgan fingerprint density at radius 3 is 2.73 bits per heavy atom. The Balaban J connectivity index is 1.47. The number of fused-ring (bicyclic) bond motifs is 1. The van der Waals surface area contributed by atoms with E-state index in [1.165, 1.54) is 6.42 Å². The fourth-order valence-corrected chi connectivity index (χ4v) is 3.39. The molecule has 0 saturated heterocycles. The van der Waals surface area contributed by atoms with Gasteiger partial charge in [-0.1, -0.05) is 19.8 Å². The van der Waals surface area contributed by atoms with E-state index in [9.17, 15) is 9.59 Å². The molecule has 1 aromatic carbocycles. The number of aryl methyl sites for hydroxylation is 1. The highest BCUT2D eigenvalue weighted by Crippen LogP contribution is 2.15. The normalized spacial score (nSPS) is 13.3. The molecule has 0 unspecified atom stereocenters. The largest absolute Gasteiger partial charge is 0.494 e. The van der Waals surface area contributed by atoms with Crippen LogP contribution in [0.1, 0.15) is 61.0 Å². The van der Waals surface area contributed by atoms with Crippen LogP contribution in [0.4, 0.5) is 0 Å². The van der Waals surface area contributed by atoms with E-state index in [4.69, 9.17) is 4.74 Å². The number of ether oxygens (including phenoxy) is 1. The zero-order valence-corrected chi connectivity index (χ0v) is 17.9. The van der Waals surface area contributed by atoms with Crippen LogP contribution in [0.15, 0.2) is 24.3 Å². The molecule has 2 heterocycles. The van der Waals surface area contributed by atoms with Crippen LogP contribution in [0, 0.1) is 0 Å². The van der Waals surface area contributed by atoms with E-state index >= 15 is 0 Å². The summed E-state index contributed by atoms with van der Waals surface area (Å²) in [6.45, 7) is 3.99. The number of hydrogen-bond acceptors (Lipinski definition) is 5. The lowest BCUT2D eigenvalue weighted by Gasteiger charge is -2.18. The maximum absolute atomic E-state index is 12.5. The fraction of sp³-hybridized carbons (Fsp3) is 0.545. The molecule has 2 amide bonds.